The van der Waals surface area contributed by atoms with Gasteiger partial charge in [-0.3, -0.25) is 9.59 Å². The van der Waals surface area contributed by atoms with Gasteiger partial charge in [0.15, 0.2) is 5.76 Å². The summed E-state index contributed by atoms with van der Waals surface area (Å²) in [7, 11) is 1.67. The van der Waals surface area contributed by atoms with Gasteiger partial charge in [0.05, 0.1) is 5.39 Å². The Labute approximate surface area is 134 Å². The Hall–Kier alpha value is -2.88. The van der Waals surface area contributed by atoms with E-state index in [0.29, 0.717) is 28.8 Å². The van der Waals surface area contributed by atoms with Crippen LogP contribution < -0.4 is 5.43 Å². The Bertz CT molecular complexity index is 913. The van der Waals surface area contributed by atoms with Crippen molar-refractivity contribution in [1.82, 2.24) is 4.90 Å². The van der Waals surface area contributed by atoms with Crippen molar-refractivity contribution in [2.45, 2.75) is 6.92 Å². The van der Waals surface area contributed by atoms with Gasteiger partial charge in [-0.2, -0.15) is 0 Å². The highest BCUT2D eigenvalue weighted by Gasteiger charge is 2.24. The molecule has 0 spiro atoms. The molecule has 0 aliphatic carbocycles. The minimum absolute atomic E-state index is 0.0826. The van der Waals surface area contributed by atoms with Gasteiger partial charge < -0.3 is 9.32 Å². The molecule has 0 radical (unpaired) electrons. The summed E-state index contributed by atoms with van der Waals surface area (Å²) in [5.74, 6) is -0.00884. The number of para-hydroxylation sites is 1. The molecule has 0 unspecified atom stereocenters. The van der Waals surface area contributed by atoms with Crippen molar-refractivity contribution in [3.63, 3.8) is 0 Å². The Morgan fingerprint density at radius 3 is 2.39 bits per heavy atom. The maximum atomic E-state index is 12.9. The van der Waals surface area contributed by atoms with Crippen LogP contribution in [-0.2, 0) is 0 Å². The summed E-state index contributed by atoms with van der Waals surface area (Å²) >= 11 is 0. The Morgan fingerprint density at radius 2 is 1.70 bits per heavy atom. The van der Waals surface area contributed by atoms with Gasteiger partial charge in [0.1, 0.15) is 11.1 Å². The van der Waals surface area contributed by atoms with E-state index in [1.54, 1.807) is 31.3 Å². The first kappa shape index (κ1) is 15.0. The highest BCUT2D eigenvalue weighted by molar-refractivity contribution is 6.02. The van der Waals surface area contributed by atoms with Crippen LogP contribution in [0.5, 0.6) is 0 Å². The summed E-state index contributed by atoms with van der Waals surface area (Å²) in [6.45, 7) is 2.38. The number of benzene rings is 2. The van der Waals surface area contributed by atoms with Crippen molar-refractivity contribution in [2.24, 2.45) is 0 Å². The molecule has 0 saturated heterocycles. The molecule has 0 saturated carbocycles. The molecule has 3 aromatic rings. The van der Waals surface area contributed by atoms with E-state index in [1.165, 1.54) is 4.90 Å². The van der Waals surface area contributed by atoms with E-state index in [2.05, 4.69) is 0 Å². The molecule has 1 amide bonds. The highest BCUT2D eigenvalue weighted by Crippen LogP contribution is 2.26. The van der Waals surface area contributed by atoms with Crippen molar-refractivity contribution in [3.05, 3.63) is 70.4 Å². The van der Waals surface area contributed by atoms with Gasteiger partial charge in [-0.1, -0.05) is 42.5 Å². The molecule has 0 N–H and O–H groups in total. The SMILES string of the molecule is CCN(C)C(=O)c1c(-c2ccccc2)oc2ccccc2c1=O. The molecule has 1 aromatic heterocycles. The predicted molar refractivity (Wildman–Crippen MR) is 90.6 cm³/mol. The van der Waals surface area contributed by atoms with Gasteiger partial charge in [-0.25, -0.2) is 0 Å². The second kappa shape index (κ2) is 6.08. The summed E-state index contributed by atoms with van der Waals surface area (Å²) in [5, 5.41) is 0.417. The topological polar surface area (TPSA) is 50.5 Å². The smallest absolute Gasteiger partial charge is 0.261 e. The quantitative estimate of drug-likeness (QED) is 0.743. The van der Waals surface area contributed by atoms with Gasteiger partial charge in [-0.05, 0) is 19.1 Å². The van der Waals surface area contributed by atoms with E-state index in [0.717, 1.165) is 0 Å². The van der Waals surface area contributed by atoms with Crippen LogP contribution >= 0.6 is 0 Å². The zero-order valence-corrected chi connectivity index (χ0v) is 13.1. The van der Waals surface area contributed by atoms with E-state index in [1.807, 2.05) is 37.3 Å². The van der Waals surface area contributed by atoms with Crippen LogP contribution in [0.25, 0.3) is 22.3 Å². The van der Waals surface area contributed by atoms with Crippen LogP contribution in [-0.4, -0.2) is 24.4 Å². The molecule has 4 nitrogen and oxygen atoms in total. The average molecular weight is 307 g/mol. The molecule has 116 valence electrons. The van der Waals surface area contributed by atoms with E-state index in [-0.39, 0.29) is 16.9 Å². The number of hydrogen-bond acceptors (Lipinski definition) is 3. The summed E-state index contributed by atoms with van der Waals surface area (Å²) in [4.78, 5) is 27.1. The lowest BCUT2D eigenvalue weighted by Gasteiger charge is -2.16. The minimum atomic E-state index is -0.328. The van der Waals surface area contributed by atoms with Crippen molar-refractivity contribution in [1.29, 1.82) is 0 Å². The van der Waals surface area contributed by atoms with Crippen molar-refractivity contribution < 1.29 is 9.21 Å². The molecule has 2 aromatic carbocycles. The zero-order valence-electron chi connectivity index (χ0n) is 13.1. The number of carbonyl (C=O) groups excluding carboxylic acids is 1. The fourth-order valence-electron chi connectivity index (χ4n) is 2.46. The molecule has 23 heavy (non-hydrogen) atoms. The van der Waals surface area contributed by atoms with Crippen LogP contribution in [0.4, 0.5) is 0 Å². The molecule has 0 atom stereocenters. The molecule has 0 bridgehead atoms. The van der Waals surface area contributed by atoms with Crippen molar-refractivity contribution in [3.8, 4) is 11.3 Å². The first-order chi connectivity index (χ1) is 11.1. The van der Waals surface area contributed by atoms with Gasteiger partial charge in [0.25, 0.3) is 5.91 Å². The molecule has 3 rings (SSSR count). The first-order valence-corrected chi connectivity index (χ1v) is 7.50. The van der Waals surface area contributed by atoms with Gasteiger partial charge >= 0.3 is 0 Å². The Kier molecular flexibility index (Phi) is 3.98. The number of hydrogen-bond donors (Lipinski definition) is 0. The maximum Gasteiger partial charge on any atom is 0.261 e. The molecule has 4 heteroatoms. The van der Waals surface area contributed by atoms with Crippen LogP contribution in [0.1, 0.15) is 17.3 Å². The number of nitrogens with zero attached hydrogens (tertiary/aromatic N) is 1. The summed E-state index contributed by atoms with van der Waals surface area (Å²) in [5.41, 5.74) is 0.977. The number of rotatable bonds is 3. The Balaban J connectivity index is 2.37. The van der Waals surface area contributed by atoms with Gasteiger partial charge in [0, 0.05) is 19.2 Å². The third kappa shape index (κ3) is 2.63. The van der Waals surface area contributed by atoms with E-state index < -0.39 is 0 Å². The van der Waals surface area contributed by atoms with Crippen molar-refractivity contribution >= 4 is 16.9 Å². The third-order valence-electron chi connectivity index (χ3n) is 3.87. The third-order valence-corrected chi connectivity index (χ3v) is 3.87. The minimum Gasteiger partial charge on any atom is -0.455 e. The van der Waals surface area contributed by atoms with Crippen LogP contribution in [0, 0.1) is 0 Å². The normalized spacial score (nSPS) is 10.7. The molecular weight excluding hydrogens is 290 g/mol. The van der Waals surface area contributed by atoms with E-state index in [4.69, 9.17) is 4.42 Å². The number of carbonyl (C=O) groups is 1. The predicted octanol–water partition coefficient (Wildman–Crippen LogP) is 3.55. The van der Waals surface area contributed by atoms with Crippen LogP contribution in [0.3, 0.4) is 0 Å². The molecule has 0 fully saturated rings. The summed E-state index contributed by atoms with van der Waals surface area (Å²) in [6, 6.07) is 16.2. The molecular formula is C19H17NO3. The Morgan fingerprint density at radius 1 is 1.04 bits per heavy atom. The lowest BCUT2D eigenvalue weighted by molar-refractivity contribution is 0.0800. The van der Waals surface area contributed by atoms with Crippen molar-refractivity contribution in [2.75, 3.05) is 13.6 Å². The molecule has 1 heterocycles. The maximum absolute atomic E-state index is 12.9. The zero-order chi connectivity index (χ0) is 16.4. The monoisotopic (exact) mass is 307 g/mol. The second-order valence-electron chi connectivity index (χ2n) is 5.32. The summed E-state index contributed by atoms with van der Waals surface area (Å²) < 4.78 is 5.93. The lowest BCUT2D eigenvalue weighted by atomic mass is 10.0. The average Bonchev–Trinajstić information content (AvgIpc) is 2.61. The largest absolute Gasteiger partial charge is 0.455 e. The molecule has 0 aliphatic heterocycles. The van der Waals surface area contributed by atoms with Crippen LogP contribution in [0.15, 0.2) is 63.8 Å². The van der Waals surface area contributed by atoms with Gasteiger partial charge in [-0.15, -0.1) is 0 Å². The number of amides is 1. The highest BCUT2D eigenvalue weighted by atomic mass is 16.3. The van der Waals surface area contributed by atoms with Gasteiger partial charge in [0.2, 0.25) is 5.43 Å². The fraction of sp³-hybridized carbons (Fsp3) is 0.158. The first-order valence-electron chi connectivity index (χ1n) is 7.50. The lowest BCUT2D eigenvalue weighted by Crippen LogP contribution is -2.31. The standard InChI is InChI=1S/C19H17NO3/c1-3-20(2)19(22)16-17(21)14-11-7-8-12-15(14)23-18(16)13-9-5-4-6-10-13/h4-12H,3H2,1-2H3. The number of fused-ring (bicyclic) bond motifs is 1. The van der Waals surface area contributed by atoms with E-state index >= 15 is 0 Å². The molecule has 0 aliphatic rings. The second-order valence-corrected chi connectivity index (χ2v) is 5.32. The summed E-state index contributed by atoms with van der Waals surface area (Å²) in [6.07, 6.45) is 0. The van der Waals surface area contributed by atoms with E-state index in [9.17, 15) is 9.59 Å². The fourth-order valence-corrected chi connectivity index (χ4v) is 2.46. The van der Waals surface area contributed by atoms with Crippen LogP contribution in [0.2, 0.25) is 0 Å².